The highest BCUT2D eigenvalue weighted by Crippen LogP contribution is 2.34. The fourth-order valence-corrected chi connectivity index (χ4v) is 4.56. The van der Waals surface area contributed by atoms with E-state index in [0.29, 0.717) is 12.1 Å². The van der Waals surface area contributed by atoms with Crippen molar-refractivity contribution in [1.29, 1.82) is 0 Å². The average molecular weight is 339 g/mol. The summed E-state index contributed by atoms with van der Waals surface area (Å²) in [4.78, 5) is 24.3. The van der Waals surface area contributed by atoms with Crippen LogP contribution in [0.15, 0.2) is 29.2 Å². The van der Waals surface area contributed by atoms with Gasteiger partial charge in [-0.1, -0.05) is 12.1 Å². The van der Waals surface area contributed by atoms with Crippen LogP contribution in [0.4, 0.5) is 5.69 Å². The van der Waals surface area contributed by atoms with Gasteiger partial charge in [-0.2, -0.15) is 4.72 Å². The first-order chi connectivity index (χ1) is 10.8. The van der Waals surface area contributed by atoms with Gasteiger partial charge in [-0.05, 0) is 18.6 Å². The molecule has 0 radical (unpaired) electrons. The van der Waals surface area contributed by atoms with Gasteiger partial charge in [-0.15, -0.1) is 0 Å². The molecule has 124 valence electrons. The van der Waals surface area contributed by atoms with Crippen LogP contribution in [0.2, 0.25) is 0 Å². The van der Waals surface area contributed by atoms with E-state index >= 15 is 0 Å². The van der Waals surface area contributed by atoms with Gasteiger partial charge in [-0.25, -0.2) is 8.42 Å². The van der Waals surface area contributed by atoms with Gasteiger partial charge in [0.15, 0.2) is 0 Å². The molecular weight excluding hydrogens is 322 g/mol. The lowest BCUT2D eigenvalue weighted by Crippen LogP contribution is -2.57. The molecule has 0 bridgehead atoms. The molecule has 9 heteroatoms. The van der Waals surface area contributed by atoms with Crippen LogP contribution in [0.3, 0.4) is 0 Å². The van der Waals surface area contributed by atoms with E-state index in [-0.39, 0.29) is 36.7 Å². The van der Waals surface area contributed by atoms with Crippen LogP contribution in [-0.4, -0.2) is 49.1 Å². The standard InChI is InChI=1S/C14H17N3O5S/c18-12-5-6-14(7-8-17(12)9-13(19)20)15-10-3-1-2-4-11(10)23(21,22)16-14/h1-4,15-16H,5-9H2,(H,19,20)/t14-/m1/s1. The number of nitrogens with one attached hydrogen (secondary N) is 2. The second-order valence-electron chi connectivity index (χ2n) is 5.77. The fourth-order valence-electron chi connectivity index (χ4n) is 3.01. The van der Waals surface area contributed by atoms with Crippen molar-refractivity contribution in [2.45, 2.75) is 29.8 Å². The summed E-state index contributed by atoms with van der Waals surface area (Å²) in [5.41, 5.74) is -0.485. The lowest BCUT2D eigenvalue weighted by Gasteiger charge is -2.39. The molecule has 1 aromatic carbocycles. The second kappa shape index (κ2) is 5.50. The summed E-state index contributed by atoms with van der Waals surface area (Å²) in [6, 6.07) is 6.56. The second-order valence-corrected chi connectivity index (χ2v) is 7.42. The molecule has 0 unspecified atom stereocenters. The molecule has 1 aromatic rings. The number of hydrogen-bond donors (Lipinski definition) is 3. The van der Waals surface area contributed by atoms with E-state index in [1.807, 2.05) is 0 Å². The summed E-state index contributed by atoms with van der Waals surface area (Å²) in [5, 5.41) is 12.1. The van der Waals surface area contributed by atoms with Crippen LogP contribution in [-0.2, 0) is 19.6 Å². The van der Waals surface area contributed by atoms with E-state index in [1.54, 1.807) is 18.2 Å². The number of fused-ring (bicyclic) bond motifs is 1. The summed E-state index contributed by atoms with van der Waals surface area (Å²) in [7, 11) is -3.68. The van der Waals surface area contributed by atoms with Crippen LogP contribution < -0.4 is 10.0 Å². The number of carbonyl (C=O) groups excluding carboxylic acids is 1. The van der Waals surface area contributed by atoms with E-state index in [9.17, 15) is 18.0 Å². The molecule has 1 fully saturated rings. The molecule has 0 aliphatic carbocycles. The van der Waals surface area contributed by atoms with Gasteiger partial charge in [0.2, 0.25) is 15.9 Å². The monoisotopic (exact) mass is 339 g/mol. The Hall–Kier alpha value is -2.13. The van der Waals surface area contributed by atoms with Crippen LogP contribution in [0.1, 0.15) is 19.3 Å². The van der Waals surface area contributed by atoms with Gasteiger partial charge >= 0.3 is 5.97 Å². The zero-order chi connectivity index (χ0) is 16.7. The SMILES string of the molecule is O=C(O)CN1CC[C@]2(CCC1=O)Nc1ccccc1S(=O)(=O)N2. The number of aliphatic carboxylic acids is 1. The molecule has 1 saturated heterocycles. The van der Waals surface area contributed by atoms with Crippen LogP contribution in [0.5, 0.6) is 0 Å². The lowest BCUT2D eigenvalue weighted by molar-refractivity contribution is -0.144. The van der Waals surface area contributed by atoms with Crippen molar-refractivity contribution in [2.75, 3.05) is 18.4 Å². The molecule has 1 atom stereocenters. The molecule has 2 aliphatic heterocycles. The summed E-state index contributed by atoms with van der Waals surface area (Å²) in [5.74, 6) is -1.37. The van der Waals surface area contributed by atoms with E-state index in [4.69, 9.17) is 5.11 Å². The van der Waals surface area contributed by atoms with Gasteiger partial charge in [0.05, 0.1) is 5.69 Å². The molecule has 8 nitrogen and oxygen atoms in total. The van der Waals surface area contributed by atoms with Crippen molar-refractivity contribution in [3.05, 3.63) is 24.3 Å². The van der Waals surface area contributed by atoms with Gasteiger partial charge < -0.3 is 15.3 Å². The Morgan fingerprint density at radius 3 is 2.78 bits per heavy atom. The highest BCUT2D eigenvalue weighted by atomic mass is 32.2. The van der Waals surface area contributed by atoms with E-state index in [0.717, 1.165) is 0 Å². The van der Waals surface area contributed by atoms with Gasteiger partial charge in [0.25, 0.3) is 0 Å². The van der Waals surface area contributed by atoms with E-state index < -0.39 is 21.7 Å². The fraction of sp³-hybridized carbons (Fsp3) is 0.429. The molecular formula is C14H17N3O5S. The number of likely N-dealkylation sites (tertiary alicyclic amines) is 1. The van der Waals surface area contributed by atoms with Gasteiger partial charge in [0.1, 0.15) is 17.1 Å². The van der Waals surface area contributed by atoms with E-state index in [1.165, 1.54) is 11.0 Å². The highest BCUT2D eigenvalue weighted by molar-refractivity contribution is 7.89. The van der Waals surface area contributed by atoms with Gasteiger partial charge in [-0.3, -0.25) is 9.59 Å². The molecule has 3 rings (SSSR count). The number of carbonyl (C=O) groups is 2. The minimum Gasteiger partial charge on any atom is -0.480 e. The third-order valence-electron chi connectivity index (χ3n) is 4.13. The minimum atomic E-state index is -3.68. The van der Waals surface area contributed by atoms with Crippen molar-refractivity contribution in [3.63, 3.8) is 0 Å². The number of hydrogen-bond acceptors (Lipinski definition) is 5. The predicted octanol–water partition coefficient (Wildman–Crippen LogP) is 0.184. The number of para-hydroxylation sites is 1. The zero-order valence-corrected chi connectivity index (χ0v) is 13.1. The van der Waals surface area contributed by atoms with Crippen LogP contribution >= 0.6 is 0 Å². The Morgan fingerprint density at radius 1 is 1.30 bits per heavy atom. The normalized spacial score (nSPS) is 26.3. The molecule has 1 amide bonds. The molecule has 0 aromatic heterocycles. The summed E-state index contributed by atoms with van der Waals surface area (Å²) in [6.45, 7) is -0.207. The predicted molar refractivity (Wildman–Crippen MR) is 81.2 cm³/mol. The number of benzene rings is 1. The third-order valence-corrected chi connectivity index (χ3v) is 5.73. The minimum absolute atomic E-state index is 0.0744. The number of amides is 1. The Bertz CT molecular complexity index is 763. The first kappa shape index (κ1) is 15.8. The Kier molecular flexibility index (Phi) is 3.77. The first-order valence-electron chi connectivity index (χ1n) is 7.22. The quantitative estimate of drug-likeness (QED) is 0.708. The van der Waals surface area contributed by atoms with Crippen molar-refractivity contribution in [2.24, 2.45) is 0 Å². The molecule has 3 N–H and O–H groups in total. The smallest absolute Gasteiger partial charge is 0.323 e. The topological polar surface area (TPSA) is 116 Å². The van der Waals surface area contributed by atoms with Crippen molar-refractivity contribution >= 4 is 27.6 Å². The maximum atomic E-state index is 12.5. The van der Waals surface area contributed by atoms with Crippen molar-refractivity contribution in [1.82, 2.24) is 9.62 Å². The number of carboxylic acids is 1. The third kappa shape index (κ3) is 3.02. The van der Waals surface area contributed by atoms with Gasteiger partial charge in [0, 0.05) is 19.4 Å². The first-order valence-corrected chi connectivity index (χ1v) is 8.70. The number of rotatable bonds is 2. The number of carboxylic acid groups (broad SMARTS) is 1. The molecule has 2 aliphatic rings. The number of nitrogens with zero attached hydrogens (tertiary/aromatic N) is 1. The maximum absolute atomic E-state index is 12.5. The summed E-state index contributed by atoms with van der Waals surface area (Å²) >= 11 is 0. The molecule has 2 heterocycles. The highest BCUT2D eigenvalue weighted by Gasteiger charge is 2.43. The molecule has 23 heavy (non-hydrogen) atoms. The molecule has 1 spiro atoms. The van der Waals surface area contributed by atoms with Crippen LogP contribution in [0.25, 0.3) is 0 Å². The number of anilines is 1. The largest absolute Gasteiger partial charge is 0.480 e. The Morgan fingerprint density at radius 2 is 2.04 bits per heavy atom. The average Bonchev–Trinajstić information content (AvgIpc) is 2.60. The zero-order valence-electron chi connectivity index (χ0n) is 12.3. The van der Waals surface area contributed by atoms with Crippen molar-refractivity contribution < 1.29 is 23.1 Å². The van der Waals surface area contributed by atoms with E-state index in [2.05, 4.69) is 10.0 Å². The summed E-state index contributed by atoms with van der Waals surface area (Å²) < 4.78 is 27.5. The lowest BCUT2D eigenvalue weighted by atomic mass is 10.0. The van der Waals surface area contributed by atoms with Crippen molar-refractivity contribution in [3.8, 4) is 0 Å². The Balaban J connectivity index is 1.89. The number of sulfonamides is 1. The molecule has 0 saturated carbocycles. The Labute approximate surface area is 133 Å². The maximum Gasteiger partial charge on any atom is 0.323 e. The van der Waals surface area contributed by atoms with Crippen LogP contribution in [0, 0.1) is 0 Å². The summed E-state index contributed by atoms with van der Waals surface area (Å²) in [6.07, 6.45) is 0.625.